The standard InChI is InChI=1S/C13H20N4O2/c14-11-10(15-7-8-16-11)12(18)17-9-13(19)5-3-1-2-4-6-13/h7-8,19H,1-6,9H2,(H2,14,16)(H,17,18). The van der Waals surface area contributed by atoms with E-state index in [0.29, 0.717) is 0 Å². The van der Waals surface area contributed by atoms with Crippen molar-refractivity contribution >= 4 is 11.7 Å². The van der Waals surface area contributed by atoms with Crippen LogP contribution < -0.4 is 11.1 Å². The first-order chi connectivity index (χ1) is 9.11. The lowest BCUT2D eigenvalue weighted by Crippen LogP contribution is -2.43. The Hall–Kier alpha value is -1.69. The number of aliphatic hydroxyl groups is 1. The molecule has 1 saturated carbocycles. The number of anilines is 1. The van der Waals surface area contributed by atoms with Crippen LogP contribution in [0.5, 0.6) is 0 Å². The molecule has 0 aromatic carbocycles. The molecule has 1 aromatic rings. The number of nitrogen functional groups attached to an aromatic ring is 1. The van der Waals surface area contributed by atoms with Crippen molar-refractivity contribution in [1.82, 2.24) is 15.3 Å². The highest BCUT2D eigenvalue weighted by atomic mass is 16.3. The fourth-order valence-corrected chi connectivity index (χ4v) is 2.42. The maximum atomic E-state index is 11.9. The molecular weight excluding hydrogens is 244 g/mol. The lowest BCUT2D eigenvalue weighted by atomic mass is 9.94. The minimum atomic E-state index is -0.802. The minimum Gasteiger partial charge on any atom is -0.388 e. The van der Waals surface area contributed by atoms with Crippen LogP contribution in [0.4, 0.5) is 5.82 Å². The molecule has 0 aliphatic heterocycles. The quantitative estimate of drug-likeness (QED) is 0.703. The number of nitrogens with zero attached hydrogens (tertiary/aromatic N) is 2. The smallest absolute Gasteiger partial charge is 0.273 e. The van der Waals surface area contributed by atoms with Gasteiger partial charge < -0.3 is 16.2 Å². The number of hydrogen-bond acceptors (Lipinski definition) is 5. The summed E-state index contributed by atoms with van der Waals surface area (Å²) in [7, 11) is 0. The van der Waals surface area contributed by atoms with Gasteiger partial charge in [0.05, 0.1) is 5.60 Å². The molecule has 0 spiro atoms. The van der Waals surface area contributed by atoms with Crippen LogP contribution >= 0.6 is 0 Å². The minimum absolute atomic E-state index is 0.104. The van der Waals surface area contributed by atoms with Crippen molar-refractivity contribution in [3.63, 3.8) is 0 Å². The van der Waals surface area contributed by atoms with Gasteiger partial charge in [0, 0.05) is 18.9 Å². The van der Waals surface area contributed by atoms with E-state index in [4.69, 9.17) is 5.73 Å². The maximum Gasteiger partial charge on any atom is 0.273 e. The summed E-state index contributed by atoms with van der Waals surface area (Å²) in [5, 5.41) is 13.1. The number of nitrogens with two attached hydrogens (primary N) is 1. The Morgan fingerprint density at radius 2 is 1.89 bits per heavy atom. The normalized spacial score (nSPS) is 18.6. The second-order valence-corrected chi connectivity index (χ2v) is 5.11. The summed E-state index contributed by atoms with van der Waals surface area (Å²) in [5.74, 6) is -0.281. The van der Waals surface area contributed by atoms with E-state index in [9.17, 15) is 9.90 Å². The number of amides is 1. The lowest BCUT2D eigenvalue weighted by Gasteiger charge is -2.26. The molecule has 6 nitrogen and oxygen atoms in total. The van der Waals surface area contributed by atoms with Gasteiger partial charge in [-0.25, -0.2) is 9.97 Å². The summed E-state index contributed by atoms with van der Waals surface area (Å²) in [6.45, 7) is 0.238. The Bertz CT molecular complexity index is 442. The van der Waals surface area contributed by atoms with Crippen LogP contribution in [0.15, 0.2) is 12.4 Å². The van der Waals surface area contributed by atoms with E-state index in [1.165, 1.54) is 12.4 Å². The molecule has 19 heavy (non-hydrogen) atoms. The highest BCUT2D eigenvalue weighted by molar-refractivity contribution is 5.96. The van der Waals surface area contributed by atoms with Gasteiger partial charge in [0.2, 0.25) is 0 Å². The van der Waals surface area contributed by atoms with Gasteiger partial charge in [-0.15, -0.1) is 0 Å². The Labute approximate surface area is 112 Å². The van der Waals surface area contributed by atoms with Gasteiger partial charge in [-0.05, 0) is 12.8 Å². The fraction of sp³-hybridized carbons (Fsp3) is 0.615. The summed E-state index contributed by atoms with van der Waals surface area (Å²) >= 11 is 0. The number of nitrogens with one attached hydrogen (secondary N) is 1. The van der Waals surface area contributed by atoms with Gasteiger partial charge >= 0.3 is 0 Å². The predicted octanol–water partition coefficient (Wildman–Crippen LogP) is 0.874. The zero-order chi connectivity index (χ0) is 13.7. The molecule has 6 heteroatoms. The number of hydrogen-bond donors (Lipinski definition) is 3. The fourth-order valence-electron chi connectivity index (χ4n) is 2.42. The average Bonchev–Trinajstić information content (AvgIpc) is 2.62. The molecule has 0 radical (unpaired) electrons. The Morgan fingerprint density at radius 3 is 2.53 bits per heavy atom. The second-order valence-electron chi connectivity index (χ2n) is 5.11. The van der Waals surface area contributed by atoms with Gasteiger partial charge in [-0.2, -0.15) is 0 Å². The molecule has 1 fully saturated rings. The van der Waals surface area contributed by atoms with Gasteiger partial charge in [-0.1, -0.05) is 25.7 Å². The Morgan fingerprint density at radius 1 is 1.26 bits per heavy atom. The molecule has 104 valence electrons. The predicted molar refractivity (Wildman–Crippen MR) is 71.4 cm³/mol. The van der Waals surface area contributed by atoms with E-state index >= 15 is 0 Å². The lowest BCUT2D eigenvalue weighted by molar-refractivity contribution is 0.0246. The molecule has 2 rings (SSSR count). The van der Waals surface area contributed by atoms with E-state index < -0.39 is 5.60 Å². The molecule has 1 heterocycles. The summed E-state index contributed by atoms with van der Waals surface area (Å²) < 4.78 is 0. The highest BCUT2D eigenvalue weighted by Crippen LogP contribution is 2.26. The van der Waals surface area contributed by atoms with E-state index in [2.05, 4.69) is 15.3 Å². The summed E-state index contributed by atoms with van der Waals surface area (Å²) in [6.07, 6.45) is 8.60. The topological polar surface area (TPSA) is 101 Å². The zero-order valence-corrected chi connectivity index (χ0v) is 10.9. The van der Waals surface area contributed by atoms with Crippen molar-refractivity contribution in [2.45, 2.75) is 44.1 Å². The third kappa shape index (κ3) is 3.64. The van der Waals surface area contributed by atoms with Crippen LogP contribution in [0.2, 0.25) is 0 Å². The molecule has 1 aliphatic rings. The van der Waals surface area contributed by atoms with Crippen molar-refractivity contribution in [2.75, 3.05) is 12.3 Å². The maximum absolute atomic E-state index is 11.9. The van der Waals surface area contributed by atoms with Gasteiger partial charge in [0.15, 0.2) is 11.5 Å². The average molecular weight is 264 g/mol. The molecular formula is C13H20N4O2. The van der Waals surface area contributed by atoms with Crippen molar-refractivity contribution < 1.29 is 9.90 Å². The van der Waals surface area contributed by atoms with Crippen molar-refractivity contribution in [3.8, 4) is 0 Å². The van der Waals surface area contributed by atoms with Crippen LogP contribution in [-0.2, 0) is 0 Å². The summed E-state index contributed by atoms with van der Waals surface area (Å²) in [5.41, 5.74) is 4.90. The van der Waals surface area contributed by atoms with Gasteiger partial charge in [-0.3, -0.25) is 4.79 Å². The van der Waals surface area contributed by atoms with E-state index in [1.54, 1.807) is 0 Å². The Balaban J connectivity index is 1.94. The largest absolute Gasteiger partial charge is 0.388 e. The third-order valence-corrected chi connectivity index (χ3v) is 3.55. The van der Waals surface area contributed by atoms with Crippen LogP contribution in [0.1, 0.15) is 49.0 Å². The molecule has 4 N–H and O–H groups in total. The Kier molecular flexibility index (Phi) is 4.31. The van der Waals surface area contributed by atoms with E-state index in [1.807, 2.05) is 0 Å². The van der Waals surface area contributed by atoms with Crippen LogP contribution in [0.25, 0.3) is 0 Å². The van der Waals surface area contributed by atoms with Crippen molar-refractivity contribution in [3.05, 3.63) is 18.1 Å². The summed E-state index contributed by atoms with van der Waals surface area (Å²) in [4.78, 5) is 19.7. The molecule has 1 amide bonds. The SMILES string of the molecule is Nc1nccnc1C(=O)NCC1(O)CCCCCC1. The van der Waals surface area contributed by atoms with E-state index in [0.717, 1.165) is 38.5 Å². The van der Waals surface area contributed by atoms with Crippen LogP contribution in [-0.4, -0.2) is 33.1 Å². The van der Waals surface area contributed by atoms with E-state index in [-0.39, 0.29) is 24.0 Å². The first-order valence-electron chi connectivity index (χ1n) is 6.68. The molecule has 0 unspecified atom stereocenters. The van der Waals surface area contributed by atoms with Gasteiger partial charge in [0.1, 0.15) is 0 Å². The number of carbonyl (C=O) groups is 1. The number of carbonyl (C=O) groups excluding carboxylic acids is 1. The molecule has 0 saturated heterocycles. The number of aromatic nitrogens is 2. The third-order valence-electron chi connectivity index (χ3n) is 3.55. The monoisotopic (exact) mass is 264 g/mol. The molecule has 0 bridgehead atoms. The first-order valence-corrected chi connectivity index (χ1v) is 6.68. The second kappa shape index (κ2) is 5.97. The van der Waals surface area contributed by atoms with Crippen LogP contribution in [0, 0.1) is 0 Å². The zero-order valence-electron chi connectivity index (χ0n) is 10.9. The molecule has 1 aliphatic carbocycles. The summed E-state index contributed by atoms with van der Waals surface area (Å²) in [6, 6.07) is 0. The van der Waals surface area contributed by atoms with Crippen molar-refractivity contribution in [2.24, 2.45) is 0 Å². The van der Waals surface area contributed by atoms with Gasteiger partial charge in [0.25, 0.3) is 5.91 Å². The van der Waals surface area contributed by atoms with Crippen molar-refractivity contribution in [1.29, 1.82) is 0 Å². The number of rotatable bonds is 3. The van der Waals surface area contributed by atoms with Crippen LogP contribution in [0.3, 0.4) is 0 Å². The highest BCUT2D eigenvalue weighted by Gasteiger charge is 2.28. The first kappa shape index (κ1) is 13.7. The molecule has 1 aromatic heterocycles. The molecule has 0 atom stereocenters.